The van der Waals surface area contributed by atoms with Crippen molar-refractivity contribution in [3.8, 4) is 0 Å². The van der Waals surface area contributed by atoms with Crippen molar-refractivity contribution in [3.05, 3.63) is 0 Å². The van der Waals surface area contributed by atoms with Crippen LogP contribution in [0.25, 0.3) is 0 Å². The van der Waals surface area contributed by atoms with E-state index in [9.17, 15) is 4.79 Å². The summed E-state index contributed by atoms with van der Waals surface area (Å²) >= 11 is 0. The normalized spacial score (nSPS) is 31.5. The van der Waals surface area contributed by atoms with Gasteiger partial charge in [-0.2, -0.15) is 0 Å². The molecule has 2 aliphatic rings. The maximum atomic E-state index is 12.1. The molecule has 98 valence electrons. The van der Waals surface area contributed by atoms with E-state index < -0.39 is 0 Å². The predicted octanol–water partition coefficient (Wildman–Crippen LogP) is 1.22. The van der Waals surface area contributed by atoms with Gasteiger partial charge < -0.3 is 9.64 Å². The lowest BCUT2D eigenvalue weighted by Crippen LogP contribution is -2.44. The molecule has 4 nitrogen and oxygen atoms in total. The Morgan fingerprint density at radius 3 is 2.65 bits per heavy atom. The van der Waals surface area contributed by atoms with Crippen LogP contribution in [0.1, 0.15) is 33.6 Å². The van der Waals surface area contributed by atoms with Crippen LogP contribution in [0, 0.1) is 11.8 Å². The molecular formula is C13H24N2O2. The Bertz CT molecular complexity index is 275. The van der Waals surface area contributed by atoms with Crippen LogP contribution >= 0.6 is 0 Å². The molecule has 2 heterocycles. The van der Waals surface area contributed by atoms with Gasteiger partial charge in [0.15, 0.2) is 0 Å². The van der Waals surface area contributed by atoms with Gasteiger partial charge in [-0.3, -0.25) is 10.1 Å². The summed E-state index contributed by atoms with van der Waals surface area (Å²) in [5.74, 6) is 1.33. The fourth-order valence-corrected chi connectivity index (χ4v) is 2.77. The van der Waals surface area contributed by atoms with Gasteiger partial charge in [0.05, 0.1) is 12.2 Å². The molecule has 1 amide bonds. The summed E-state index contributed by atoms with van der Waals surface area (Å²) in [6, 6.07) is -0.0257. The summed E-state index contributed by atoms with van der Waals surface area (Å²) in [5, 5.41) is 3.39. The SMILES string of the molecule is CC1NC(C(C)C)N(CC2CCOCC2)C1=O. The number of hydrogen-bond acceptors (Lipinski definition) is 3. The molecule has 4 heteroatoms. The Morgan fingerprint density at radius 1 is 1.41 bits per heavy atom. The fraction of sp³-hybridized carbons (Fsp3) is 0.923. The summed E-state index contributed by atoms with van der Waals surface area (Å²) in [5.41, 5.74) is 0. The number of carbonyl (C=O) groups is 1. The number of nitrogens with zero attached hydrogens (tertiary/aromatic N) is 1. The van der Waals surface area contributed by atoms with Crippen LogP contribution in [0.2, 0.25) is 0 Å². The van der Waals surface area contributed by atoms with E-state index in [1.54, 1.807) is 0 Å². The van der Waals surface area contributed by atoms with Gasteiger partial charge in [0.2, 0.25) is 5.91 Å². The molecule has 0 spiro atoms. The Hall–Kier alpha value is -0.610. The standard InChI is InChI=1S/C13H24N2O2/c1-9(2)12-14-10(3)13(16)15(12)8-11-4-6-17-7-5-11/h9-12,14H,4-8H2,1-3H3. The third kappa shape index (κ3) is 2.80. The lowest BCUT2D eigenvalue weighted by Gasteiger charge is -2.32. The van der Waals surface area contributed by atoms with Crippen molar-refractivity contribution < 1.29 is 9.53 Å². The van der Waals surface area contributed by atoms with Gasteiger partial charge in [-0.15, -0.1) is 0 Å². The molecule has 0 bridgehead atoms. The van der Waals surface area contributed by atoms with Gasteiger partial charge in [0.25, 0.3) is 0 Å². The molecule has 1 N–H and O–H groups in total. The van der Waals surface area contributed by atoms with Gasteiger partial charge in [-0.1, -0.05) is 13.8 Å². The van der Waals surface area contributed by atoms with Gasteiger partial charge in [0.1, 0.15) is 0 Å². The minimum absolute atomic E-state index is 0.0257. The first-order chi connectivity index (χ1) is 8.09. The first-order valence-corrected chi connectivity index (χ1v) is 6.74. The molecule has 0 aromatic carbocycles. The minimum atomic E-state index is -0.0257. The fourth-order valence-electron chi connectivity index (χ4n) is 2.77. The van der Waals surface area contributed by atoms with Crippen LogP contribution in [0.15, 0.2) is 0 Å². The molecule has 0 aromatic rings. The summed E-state index contributed by atoms with van der Waals surface area (Å²) < 4.78 is 5.37. The zero-order valence-electron chi connectivity index (χ0n) is 11.1. The van der Waals surface area contributed by atoms with Crippen molar-refractivity contribution in [2.24, 2.45) is 11.8 Å². The van der Waals surface area contributed by atoms with E-state index in [4.69, 9.17) is 4.74 Å². The molecule has 0 saturated carbocycles. The van der Waals surface area contributed by atoms with Crippen LogP contribution in [0.3, 0.4) is 0 Å². The molecule has 0 radical (unpaired) electrons. The number of ether oxygens (including phenoxy) is 1. The van der Waals surface area contributed by atoms with Gasteiger partial charge >= 0.3 is 0 Å². The van der Waals surface area contributed by atoms with Crippen molar-refractivity contribution in [1.82, 2.24) is 10.2 Å². The van der Waals surface area contributed by atoms with E-state index >= 15 is 0 Å². The first-order valence-electron chi connectivity index (χ1n) is 6.74. The number of carbonyl (C=O) groups excluding carboxylic acids is 1. The third-order valence-corrected chi connectivity index (χ3v) is 3.84. The molecular weight excluding hydrogens is 216 g/mol. The molecule has 2 rings (SSSR count). The average molecular weight is 240 g/mol. The van der Waals surface area contributed by atoms with E-state index in [0.29, 0.717) is 11.8 Å². The molecule has 2 atom stereocenters. The monoisotopic (exact) mass is 240 g/mol. The lowest BCUT2D eigenvalue weighted by molar-refractivity contribution is -0.131. The molecule has 2 unspecified atom stereocenters. The largest absolute Gasteiger partial charge is 0.381 e. The zero-order chi connectivity index (χ0) is 12.4. The van der Waals surface area contributed by atoms with Crippen molar-refractivity contribution in [2.45, 2.75) is 45.8 Å². The van der Waals surface area contributed by atoms with Crippen LogP contribution in [-0.4, -0.2) is 42.8 Å². The Balaban J connectivity index is 1.98. The number of nitrogens with one attached hydrogen (secondary N) is 1. The summed E-state index contributed by atoms with van der Waals surface area (Å²) in [6.45, 7) is 8.88. The van der Waals surface area contributed by atoms with Crippen molar-refractivity contribution in [3.63, 3.8) is 0 Å². The Labute approximate surface area is 104 Å². The highest BCUT2D eigenvalue weighted by Crippen LogP contribution is 2.23. The van der Waals surface area contributed by atoms with Crippen molar-refractivity contribution in [2.75, 3.05) is 19.8 Å². The highest BCUT2D eigenvalue weighted by atomic mass is 16.5. The summed E-state index contributed by atoms with van der Waals surface area (Å²) in [7, 11) is 0. The first kappa shape index (κ1) is 12.8. The van der Waals surface area contributed by atoms with E-state index in [0.717, 1.165) is 32.6 Å². The Kier molecular flexibility index (Phi) is 4.05. The highest BCUT2D eigenvalue weighted by Gasteiger charge is 2.38. The summed E-state index contributed by atoms with van der Waals surface area (Å²) in [6.07, 6.45) is 2.38. The van der Waals surface area contributed by atoms with Crippen LogP contribution in [-0.2, 0) is 9.53 Å². The van der Waals surface area contributed by atoms with Crippen LogP contribution < -0.4 is 5.32 Å². The Morgan fingerprint density at radius 2 is 2.06 bits per heavy atom. The topological polar surface area (TPSA) is 41.6 Å². The molecule has 2 saturated heterocycles. The maximum absolute atomic E-state index is 12.1. The minimum Gasteiger partial charge on any atom is -0.381 e. The van der Waals surface area contributed by atoms with Crippen molar-refractivity contribution in [1.29, 1.82) is 0 Å². The van der Waals surface area contributed by atoms with E-state index in [-0.39, 0.29) is 18.1 Å². The van der Waals surface area contributed by atoms with Crippen LogP contribution in [0.5, 0.6) is 0 Å². The zero-order valence-corrected chi connectivity index (χ0v) is 11.1. The number of rotatable bonds is 3. The van der Waals surface area contributed by atoms with E-state index in [1.807, 2.05) is 11.8 Å². The molecule has 17 heavy (non-hydrogen) atoms. The highest BCUT2D eigenvalue weighted by molar-refractivity contribution is 5.83. The van der Waals surface area contributed by atoms with Gasteiger partial charge in [0, 0.05) is 19.8 Å². The molecule has 0 aromatic heterocycles. The van der Waals surface area contributed by atoms with Gasteiger partial charge in [-0.25, -0.2) is 0 Å². The van der Waals surface area contributed by atoms with E-state index in [2.05, 4.69) is 19.2 Å². The van der Waals surface area contributed by atoms with Crippen LogP contribution in [0.4, 0.5) is 0 Å². The summed E-state index contributed by atoms with van der Waals surface area (Å²) in [4.78, 5) is 14.2. The second-order valence-corrected chi connectivity index (χ2v) is 5.62. The molecule has 2 aliphatic heterocycles. The maximum Gasteiger partial charge on any atom is 0.240 e. The smallest absolute Gasteiger partial charge is 0.240 e. The third-order valence-electron chi connectivity index (χ3n) is 3.84. The molecule has 0 aliphatic carbocycles. The second kappa shape index (κ2) is 5.36. The quantitative estimate of drug-likeness (QED) is 0.806. The van der Waals surface area contributed by atoms with Crippen molar-refractivity contribution >= 4 is 5.91 Å². The predicted molar refractivity (Wildman–Crippen MR) is 66.5 cm³/mol. The average Bonchev–Trinajstić information content (AvgIpc) is 2.59. The van der Waals surface area contributed by atoms with E-state index in [1.165, 1.54) is 0 Å². The number of amides is 1. The lowest BCUT2D eigenvalue weighted by atomic mass is 9.99. The molecule has 2 fully saturated rings. The number of hydrogen-bond donors (Lipinski definition) is 1. The van der Waals surface area contributed by atoms with Gasteiger partial charge in [-0.05, 0) is 31.6 Å². The second-order valence-electron chi connectivity index (χ2n) is 5.62.